The zero-order valence-corrected chi connectivity index (χ0v) is 9.26. The molecule has 0 radical (unpaired) electrons. The Labute approximate surface area is 87.1 Å². The number of hydrogen-bond acceptors (Lipinski definition) is 2. The Morgan fingerprint density at radius 2 is 2.00 bits per heavy atom. The Balaban J connectivity index is 1.90. The van der Waals surface area contributed by atoms with E-state index in [1.54, 1.807) is 0 Å². The quantitative estimate of drug-likeness (QED) is 0.710. The Morgan fingerprint density at radius 1 is 1.29 bits per heavy atom. The lowest BCUT2D eigenvalue weighted by molar-refractivity contribution is -0.0366. The standard InChI is InChI=1S/C12H23NO/c1-2-10-5-7-12(14,8-6-10)11-4-3-9-13-11/h10-11,13-14H,2-9H2,1H3. The van der Waals surface area contributed by atoms with Gasteiger partial charge in [0.1, 0.15) is 0 Å². The highest BCUT2D eigenvalue weighted by Crippen LogP contribution is 2.37. The molecule has 2 nitrogen and oxygen atoms in total. The van der Waals surface area contributed by atoms with Gasteiger partial charge in [-0.05, 0) is 51.0 Å². The summed E-state index contributed by atoms with van der Waals surface area (Å²) in [5.74, 6) is 0.872. The molecule has 1 atom stereocenters. The van der Waals surface area contributed by atoms with Crippen molar-refractivity contribution in [2.75, 3.05) is 6.54 Å². The molecular weight excluding hydrogens is 174 g/mol. The maximum Gasteiger partial charge on any atom is 0.0800 e. The zero-order chi connectivity index (χ0) is 10.0. The molecule has 2 aliphatic rings. The monoisotopic (exact) mass is 197 g/mol. The number of hydrogen-bond donors (Lipinski definition) is 2. The Hall–Kier alpha value is -0.0800. The van der Waals surface area contributed by atoms with Gasteiger partial charge in [-0.2, -0.15) is 0 Å². The number of aliphatic hydroxyl groups is 1. The first-order valence-electron chi connectivity index (χ1n) is 6.20. The van der Waals surface area contributed by atoms with Crippen LogP contribution < -0.4 is 5.32 Å². The Kier molecular flexibility index (Phi) is 3.13. The third-order valence-corrected chi connectivity index (χ3v) is 4.26. The van der Waals surface area contributed by atoms with Crippen molar-refractivity contribution in [3.8, 4) is 0 Å². The lowest BCUT2D eigenvalue weighted by atomic mass is 9.74. The van der Waals surface area contributed by atoms with E-state index in [4.69, 9.17) is 0 Å². The summed E-state index contributed by atoms with van der Waals surface area (Å²) in [6, 6.07) is 0.389. The van der Waals surface area contributed by atoms with Crippen molar-refractivity contribution in [2.24, 2.45) is 5.92 Å². The summed E-state index contributed by atoms with van der Waals surface area (Å²) < 4.78 is 0. The molecule has 2 rings (SSSR count). The van der Waals surface area contributed by atoms with Crippen LogP contribution in [0.2, 0.25) is 0 Å². The molecule has 1 unspecified atom stereocenters. The molecule has 0 aromatic rings. The molecule has 14 heavy (non-hydrogen) atoms. The van der Waals surface area contributed by atoms with Crippen LogP contribution >= 0.6 is 0 Å². The minimum Gasteiger partial charge on any atom is -0.388 e. The maximum atomic E-state index is 10.5. The summed E-state index contributed by atoms with van der Waals surface area (Å²) in [5, 5.41) is 14.0. The summed E-state index contributed by atoms with van der Waals surface area (Å²) in [7, 11) is 0. The summed E-state index contributed by atoms with van der Waals surface area (Å²) in [6.45, 7) is 3.37. The van der Waals surface area contributed by atoms with Gasteiger partial charge in [0.2, 0.25) is 0 Å². The molecule has 0 spiro atoms. The van der Waals surface area contributed by atoms with Crippen LogP contribution in [0.3, 0.4) is 0 Å². The highest BCUT2D eigenvalue weighted by atomic mass is 16.3. The van der Waals surface area contributed by atoms with E-state index >= 15 is 0 Å². The van der Waals surface area contributed by atoms with Crippen LogP contribution in [0.15, 0.2) is 0 Å². The molecule has 1 saturated heterocycles. The highest BCUT2D eigenvalue weighted by molar-refractivity contribution is 4.97. The molecule has 0 bridgehead atoms. The molecule has 1 aliphatic heterocycles. The van der Waals surface area contributed by atoms with E-state index in [0.717, 1.165) is 25.3 Å². The molecule has 0 aromatic heterocycles. The second-order valence-electron chi connectivity index (χ2n) is 5.10. The van der Waals surface area contributed by atoms with Gasteiger partial charge < -0.3 is 10.4 Å². The largest absolute Gasteiger partial charge is 0.388 e. The summed E-state index contributed by atoms with van der Waals surface area (Å²) in [6.07, 6.45) is 8.19. The van der Waals surface area contributed by atoms with E-state index < -0.39 is 0 Å². The fraction of sp³-hybridized carbons (Fsp3) is 1.00. The lowest BCUT2D eigenvalue weighted by Gasteiger charge is -2.40. The van der Waals surface area contributed by atoms with Crippen molar-refractivity contribution < 1.29 is 5.11 Å². The van der Waals surface area contributed by atoms with Crippen LogP contribution in [0.5, 0.6) is 0 Å². The molecule has 2 N–H and O–H groups in total. The zero-order valence-electron chi connectivity index (χ0n) is 9.26. The first kappa shape index (κ1) is 10.4. The Bertz CT molecular complexity index is 179. The van der Waals surface area contributed by atoms with Crippen LogP contribution in [0.1, 0.15) is 51.9 Å². The normalized spacial score (nSPS) is 44.1. The van der Waals surface area contributed by atoms with E-state index in [-0.39, 0.29) is 5.60 Å². The summed E-state index contributed by atoms with van der Waals surface area (Å²) in [4.78, 5) is 0. The predicted octanol–water partition coefficient (Wildman–Crippen LogP) is 2.07. The van der Waals surface area contributed by atoms with Crippen LogP contribution in [0.25, 0.3) is 0 Å². The molecule has 2 heteroatoms. The van der Waals surface area contributed by atoms with Crippen molar-refractivity contribution >= 4 is 0 Å². The summed E-state index contributed by atoms with van der Waals surface area (Å²) in [5.41, 5.74) is -0.373. The van der Waals surface area contributed by atoms with Crippen molar-refractivity contribution in [3.63, 3.8) is 0 Å². The SMILES string of the molecule is CCC1CCC(O)(C2CCCN2)CC1. The first-order valence-corrected chi connectivity index (χ1v) is 6.20. The molecule has 1 aliphatic carbocycles. The van der Waals surface area contributed by atoms with Crippen LogP contribution in [0, 0.1) is 5.92 Å². The Morgan fingerprint density at radius 3 is 2.50 bits per heavy atom. The highest BCUT2D eigenvalue weighted by Gasteiger charge is 2.40. The van der Waals surface area contributed by atoms with Gasteiger partial charge in [0, 0.05) is 6.04 Å². The second kappa shape index (κ2) is 4.19. The number of nitrogens with one attached hydrogen (secondary N) is 1. The predicted molar refractivity (Wildman–Crippen MR) is 58.2 cm³/mol. The van der Waals surface area contributed by atoms with Crippen molar-refractivity contribution in [1.82, 2.24) is 5.32 Å². The first-order chi connectivity index (χ1) is 6.74. The van der Waals surface area contributed by atoms with E-state index in [2.05, 4.69) is 12.2 Å². The number of rotatable bonds is 2. The minimum absolute atomic E-state index is 0.373. The summed E-state index contributed by atoms with van der Waals surface area (Å²) >= 11 is 0. The van der Waals surface area contributed by atoms with E-state index in [1.807, 2.05) is 0 Å². The minimum atomic E-state index is -0.373. The maximum absolute atomic E-state index is 10.5. The smallest absolute Gasteiger partial charge is 0.0800 e. The fourth-order valence-electron chi connectivity index (χ4n) is 3.08. The average molecular weight is 197 g/mol. The molecule has 0 amide bonds. The fourth-order valence-corrected chi connectivity index (χ4v) is 3.08. The second-order valence-corrected chi connectivity index (χ2v) is 5.10. The van der Waals surface area contributed by atoms with Crippen LogP contribution in [0.4, 0.5) is 0 Å². The van der Waals surface area contributed by atoms with E-state index in [1.165, 1.54) is 32.1 Å². The van der Waals surface area contributed by atoms with Crippen LogP contribution in [-0.4, -0.2) is 23.3 Å². The van der Waals surface area contributed by atoms with Gasteiger partial charge in [0.05, 0.1) is 5.60 Å². The van der Waals surface area contributed by atoms with Crippen molar-refractivity contribution in [2.45, 2.75) is 63.5 Å². The topological polar surface area (TPSA) is 32.3 Å². The molecule has 0 aromatic carbocycles. The third kappa shape index (κ3) is 1.96. The van der Waals surface area contributed by atoms with Gasteiger partial charge in [0.15, 0.2) is 0 Å². The molecular formula is C12H23NO. The average Bonchev–Trinajstić information content (AvgIpc) is 2.72. The third-order valence-electron chi connectivity index (χ3n) is 4.26. The lowest BCUT2D eigenvalue weighted by Crippen LogP contribution is -2.49. The molecule has 1 heterocycles. The van der Waals surface area contributed by atoms with Crippen molar-refractivity contribution in [3.05, 3.63) is 0 Å². The molecule has 2 fully saturated rings. The van der Waals surface area contributed by atoms with Crippen LogP contribution in [-0.2, 0) is 0 Å². The van der Waals surface area contributed by atoms with Gasteiger partial charge in [0.25, 0.3) is 0 Å². The van der Waals surface area contributed by atoms with E-state index in [0.29, 0.717) is 6.04 Å². The van der Waals surface area contributed by atoms with Gasteiger partial charge in [-0.1, -0.05) is 13.3 Å². The van der Waals surface area contributed by atoms with Gasteiger partial charge in [-0.15, -0.1) is 0 Å². The van der Waals surface area contributed by atoms with Crippen molar-refractivity contribution in [1.29, 1.82) is 0 Å². The van der Waals surface area contributed by atoms with Gasteiger partial charge in [-0.3, -0.25) is 0 Å². The molecule has 82 valence electrons. The van der Waals surface area contributed by atoms with Gasteiger partial charge in [-0.25, -0.2) is 0 Å². The van der Waals surface area contributed by atoms with E-state index in [9.17, 15) is 5.11 Å². The molecule has 1 saturated carbocycles. The van der Waals surface area contributed by atoms with Gasteiger partial charge >= 0.3 is 0 Å².